The van der Waals surface area contributed by atoms with Gasteiger partial charge < -0.3 is 10.1 Å². The summed E-state index contributed by atoms with van der Waals surface area (Å²) in [5.74, 6) is 5.67. The van der Waals surface area contributed by atoms with Crippen LogP contribution in [0.25, 0.3) is 0 Å². The number of halogens is 1. The molecule has 0 spiro atoms. The first-order valence-corrected chi connectivity index (χ1v) is 6.24. The highest BCUT2D eigenvalue weighted by Gasteiger charge is 1.98. The number of benzene rings is 1. The maximum absolute atomic E-state index is 13.0. The average molecular weight is 268 g/mol. The van der Waals surface area contributed by atoms with Gasteiger partial charge in [-0.1, -0.05) is 12.1 Å². The van der Waals surface area contributed by atoms with Crippen molar-refractivity contribution >= 4 is 5.96 Å². The van der Waals surface area contributed by atoms with Gasteiger partial charge in [0.25, 0.3) is 0 Å². The minimum Gasteiger partial charge on any atom is -0.385 e. The van der Waals surface area contributed by atoms with Crippen LogP contribution in [0.1, 0.15) is 12.0 Å². The minimum atomic E-state index is -0.220. The fourth-order valence-electron chi connectivity index (χ4n) is 1.57. The Balaban J connectivity index is 2.29. The van der Waals surface area contributed by atoms with E-state index in [0.717, 1.165) is 12.0 Å². The molecule has 106 valence electrons. The SMILES string of the molecule is COCCCN=C(NN)NCCc1cccc(F)c1. The third kappa shape index (κ3) is 6.73. The average Bonchev–Trinajstić information content (AvgIpc) is 2.41. The summed E-state index contributed by atoms with van der Waals surface area (Å²) in [4.78, 5) is 4.24. The minimum absolute atomic E-state index is 0.220. The summed E-state index contributed by atoms with van der Waals surface area (Å²) in [6.45, 7) is 1.95. The van der Waals surface area contributed by atoms with Gasteiger partial charge >= 0.3 is 0 Å². The number of guanidine groups is 1. The van der Waals surface area contributed by atoms with Crippen molar-refractivity contribution < 1.29 is 9.13 Å². The molecule has 0 bridgehead atoms. The van der Waals surface area contributed by atoms with Crippen molar-refractivity contribution in [3.05, 3.63) is 35.6 Å². The van der Waals surface area contributed by atoms with E-state index < -0.39 is 0 Å². The normalized spacial score (nSPS) is 11.4. The van der Waals surface area contributed by atoms with E-state index in [4.69, 9.17) is 10.6 Å². The zero-order valence-electron chi connectivity index (χ0n) is 11.2. The fraction of sp³-hybridized carbons (Fsp3) is 0.462. The predicted molar refractivity (Wildman–Crippen MR) is 74.2 cm³/mol. The third-order valence-corrected chi connectivity index (χ3v) is 2.51. The maximum Gasteiger partial charge on any atom is 0.205 e. The molecule has 5 nitrogen and oxygen atoms in total. The van der Waals surface area contributed by atoms with Crippen LogP contribution in [0.3, 0.4) is 0 Å². The first-order chi connectivity index (χ1) is 9.26. The van der Waals surface area contributed by atoms with Crippen LogP contribution < -0.4 is 16.6 Å². The molecule has 6 heteroatoms. The summed E-state index contributed by atoms with van der Waals surface area (Å²) in [5.41, 5.74) is 3.43. The highest BCUT2D eigenvalue weighted by Crippen LogP contribution is 2.03. The first-order valence-electron chi connectivity index (χ1n) is 6.24. The van der Waals surface area contributed by atoms with E-state index in [1.807, 2.05) is 6.07 Å². The molecular formula is C13H21FN4O. The Labute approximate surface area is 113 Å². The van der Waals surface area contributed by atoms with E-state index >= 15 is 0 Å². The Morgan fingerprint density at radius 2 is 2.32 bits per heavy atom. The topological polar surface area (TPSA) is 71.7 Å². The number of aliphatic imine (C=N–C) groups is 1. The van der Waals surface area contributed by atoms with Crippen molar-refractivity contribution in [2.75, 3.05) is 26.8 Å². The Bertz CT molecular complexity index is 398. The van der Waals surface area contributed by atoms with Crippen molar-refractivity contribution in [3.63, 3.8) is 0 Å². The van der Waals surface area contributed by atoms with Crippen LogP contribution in [0, 0.1) is 5.82 Å². The highest BCUT2D eigenvalue weighted by molar-refractivity contribution is 5.79. The number of nitrogens with one attached hydrogen (secondary N) is 2. The molecule has 0 aliphatic rings. The molecule has 0 amide bonds. The summed E-state index contributed by atoms with van der Waals surface area (Å²) in [6, 6.07) is 6.54. The van der Waals surface area contributed by atoms with Crippen molar-refractivity contribution in [2.24, 2.45) is 10.8 Å². The van der Waals surface area contributed by atoms with Crippen LogP contribution in [0.5, 0.6) is 0 Å². The van der Waals surface area contributed by atoms with Crippen LogP contribution in [-0.2, 0) is 11.2 Å². The molecular weight excluding hydrogens is 247 g/mol. The molecule has 0 unspecified atom stereocenters. The smallest absolute Gasteiger partial charge is 0.205 e. The van der Waals surface area contributed by atoms with Crippen molar-refractivity contribution in [3.8, 4) is 0 Å². The van der Waals surface area contributed by atoms with Gasteiger partial charge in [0, 0.05) is 26.8 Å². The number of methoxy groups -OCH3 is 1. The van der Waals surface area contributed by atoms with E-state index in [9.17, 15) is 4.39 Å². The molecule has 1 aromatic rings. The number of hydrazine groups is 1. The number of ether oxygens (including phenoxy) is 1. The summed E-state index contributed by atoms with van der Waals surface area (Å²) >= 11 is 0. The monoisotopic (exact) mass is 268 g/mol. The number of nitrogens with zero attached hydrogens (tertiary/aromatic N) is 1. The third-order valence-electron chi connectivity index (χ3n) is 2.51. The van der Waals surface area contributed by atoms with Crippen LogP contribution in [0.2, 0.25) is 0 Å². The summed E-state index contributed by atoms with van der Waals surface area (Å²) in [7, 11) is 1.66. The number of hydrogen-bond donors (Lipinski definition) is 3. The Kier molecular flexibility index (Phi) is 7.53. The van der Waals surface area contributed by atoms with E-state index in [-0.39, 0.29) is 5.82 Å². The standard InChI is InChI=1S/C13H21FN4O/c1-19-9-3-7-16-13(18-15)17-8-6-11-4-2-5-12(14)10-11/h2,4-5,10H,3,6-9,15H2,1H3,(H2,16,17,18). The van der Waals surface area contributed by atoms with Crippen molar-refractivity contribution in [1.29, 1.82) is 0 Å². The summed E-state index contributed by atoms with van der Waals surface area (Å²) in [5, 5.41) is 3.06. The molecule has 1 aromatic carbocycles. The lowest BCUT2D eigenvalue weighted by atomic mass is 10.1. The zero-order valence-corrected chi connectivity index (χ0v) is 11.2. The second kappa shape index (κ2) is 9.29. The van der Waals surface area contributed by atoms with Gasteiger partial charge in [-0.25, -0.2) is 10.2 Å². The summed E-state index contributed by atoms with van der Waals surface area (Å²) < 4.78 is 17.9. The van der Waals surface area contributed by atoms with E-state index in [1.54, 1.807) is 13.2 Å². The fourth-order valence-corrected chi connectivity index (χ4v) is 1.57. The van der Waals surface area contributed by atoms with Gasteiger partial charge in [-0.3, -0.25) is 10.4 Å². The summed E-state index contributed by atoms with van der Waals surface area (Å²) in [6.07, 6.45) is 1.55. The molecule has 0 aromatic heterocycles. The van der Waals surface area contributed by atoms with Crippen molar-refractivity contribution in [2.45, 2.75) is 12.8 Å². The first kappa shape index (κ1) is 15.4. The second-order valence-corrected chi connectivity index (χ2v) is 4.03. The molecule has 4 N–H and O–H groups in total. The maximum atomic E-state index is 13.0. The van der Waals surface area contributed by atoms with Crippen LogP contribution in [-0.4, -0.2) is 32.8 Å². The largest absolute Gasteiger partial charge is 0.385 e. The number of nitrogens with two attached hydrogens (primary N) is 1. The molecule has 0 radical (unpaired) electrons. The molecule has 0 saturated carbocycles. The lowest BCUT2D eigenvalue weighted by molar-refractivity contribution is 0.197. The molecule has 19 heavy (non-hydrogen) atoms. The molecule has 0 heterocycles. The number of hydrogen-bond acceptors (Lipinski definition) is 3. The van der Waals surface area contributed by atoms with Crippen LogP contribution in [0.15, 0.2) is 29.3 Å². The van der Waals surface area contributed by atoms with Gasteiger partial charge in [0.05, 0.1) is 0 Å². The van der Waals surface area contributed by atoms with Gasteiger partial charge in [-0.15, -0.1) is 0 Å². The highest BCUT2D eigenvalue weighted by atomic mass is 19.1. The van der Waals surface area contributed by atoms with Crippen LogP contribution in [0.4, 0.5) is 4.39 Å². The predicted octanol–water partition coefficient (Wildman–Crippen LogP) is 0.814. The quantitative estimate of drug-likeness (QED) is 0.225. The van der Waals surface area contributed by atoms with E-state index in [0.29, 0.717) is 32.1 Å². The zero-order chi connectivity index (χ0) is 13.9. The molecule has 0 aliphatic heterocycles. The van der Waals surface area contributed by atoms with Gasteiger partial charge in [-0.05, 0) is 30.5 Å². The van der Waals surface area contributed by atoms with Crippen LogP contribution >= 0.6 is 0 Å². The molecule has 0 saturated heterocycles. The van der Waals surface area contributed by atoms with Gasteiger partial charge in [0.15, 0.2) is 0 Å². The van der Waals surface area contributed by atoms with E-state index in [2.05, 4.69) is 15.7 Å². The second-order valence-electron chi connectivity index (χ2n) is 4.03. The van der Waals surface area contributed by atoms with Gasteiger partial charge in [0.2, 0.25) is 5.96 Å². The molecule has 0 fully saturated rings. The lowest BCUT2D eigenvalue weighted by Gasteiger charge is -2.09. The van der Waals surface area contributed by atoms with Gasteiger partial charge in [0.1, 0.15) is 5.82 Å². The Morgan fingerprint density at radius 3 is 3.00 bits per heavy atom. The molecule has 1 rings (SSSR count). The Morgan fingerprint density at radius 1 is 1.47 bits per heavy atom. The Hall–Kier alpha value is -1.66. The lowest BCUT2D eigenvalue weighted by Crippen LogP contribution is -2.42. The molecule has 0 atom stereocenters. The number of rotatable bonds is 7. The van der Waals surface area contributed by atoms with Crippen molar-refractivity contribution in [1.82, 2.24) is 10.7 Å². The van der Waals surface area contributed by atoms with E-state index in [1.165, 1.54) is 12.1 Å². The van der Waals surface area contributed by atoms with Gasteiger partial charge in [-0.2, -0.15) is 0 Å². The molecule has 0 aliphatic carbocycles.